The van der Waals surface area contributed by atoms with Gasteiger partial charge in [-0.3, -0.25) is 9.59 Å². The molecule has 1 aliphatic rings. The van der Waals surface area contributed by atoms with Gasteiger partial charge in [-0.2, -0.15) is 0 Å². The summed E-state index contributed by atoms with van der Waals surface area (Å²) in [6, 6.07) is 20.5. The first-order chi connectivity index (χ1) is 16.6. The molecule has 172 valence electrons. The molecule has 0 saturated heterocycles. The molecule has 0 fully saturated rings. The van der Waals surface area contributed by atoms with Gasteiger partial charge in [0.25, 0.3) is 5.91 Å². The Morgan fingerprint density at radius 1 is 0.941 bits per heavy atom. The van der Waals surface area contributed by atoms with Crippen LogP contribution in [0, 0.1) is 0 Å². The van der Waals surface area contributed by atoms with Gasteiger partial charge in [-0.1, -0.05) is 36.4 Å². The van der Waals surface area contributed by atoms with E-state index in [-0.39, 0.29) is 12.5 Å². The van der Waals surface area contributed by atoms with Gasteiger partial charge in [0.15, 0.2) is 0 Å². The smallest absolute Gasteiger partial charge is 0.325 e. The molecule has 0 aliphatic carbocycles. The third kappa shape index (κ3) is 3.37. The number of amides is 1. The summed E-state index contributed by atoms with van der Waals surface area (Å²) in [5.41, 5.74) is 4.79. The van der Waals surface area contributed by atoms with Gasteiger partial charge in [0, 0.05) is 27.6 Å². The van der Waals surface area contributed by atoms with Crippen LogP contribution in [-0.2, 0) is 9.53 Å². The van der Waals surface area contributed by atoms with E-state index in [0.717, 1.165) is 33.3 Å². The number of ether oxygens (including phenoxy) is 3. The SMILES string of the molecule is COC(=O)CN1C(=O)c2ccccc2[C@@H]1c1c(-c2cc(OC)ccc2OC)[nH]c2ccccc12. The number of aromatic amines is 1. The van der Waals surface area contributed by atoms with Crippen molar-refractivity contribution >= 4 is 22.8 Å². The number of nitrogens with one attached hydrogen (secondary N) is 1. The van der Waals surface area contributed by atoms with E-state index in [0.29, 0.717) is 17.1 Å². The Labute approximate surface area is 196 Å². The lowest BCUT2D eigenvalue weighted by Gasteiger charge is -2.26. The van der Waals surface area contributed by atoms with Crippen molar-refractivity contribution in [3.8, 4) is 22.8 Å². The van der Waals surface area contributed by atoms with Crippen molar-refractivity contribution in [2.75, 3.05) is 27.9 Å². The third-order valence-electron chi connectivity index (χ3n) is 6.28. The van der Waals surface area contributed by atoms with Crippen LogP contribution in [0.5, 0.6) is 11.5 Å². The molecule has 7 heteroatoms. The number of benzene rings is 3. The van der Waals surface area contributed by atoms with Gasteiger partial charge in [-0.15, -0.1) is 0 Å². The van der Waals surface area contributed by atoms with E-state index >= 15 is 0 Å². The molecule has 34 heavy (non-hydrogen) atoms. The molecule has 0 unspecified atom stereocenters. The fourth-order valence-corrected chi connectivity index (χ4v) is 4.72. The van der Waals surface area contributed by atoms with Crippen LogP contribution in [0.15, 0.2) is 66.7 Å². The summed E-state index contributed by atoms with van der Waals surface area (Å²) < 4.78 is 16.1. The van der Waals surface area contributed by atoms with Crippen LogP contribution in [0.3, 0.4) is 0 Å². The number of hydrogen-bond donors (Lipinski definition) is 1. The number of fused-ring (bicyclic) bond motifs is 2. The second-order valence-corrected chi connectivity index (χ2v) is 8.02. The number of carbonyl (C=O) groups excluding carboxylic acids is 2. The topological polar surface area (TPSA) is 80.9 Å². The minimum Gasteiger partial charge on any atom is -0.497 e. The predicted octanol–water partition coefficient (Wildman–Crippen LogP) is 4.57. The summed E-state index contributed by atoms with van der Waals surface area (Å²) in [7, 11) is 4.55. The van der Waals surface area contributed by atoms with E-state index in [1.54, 1.807) is 25.2 Å². The minimum absolute atomic E-state index is 0.164. The highest BCUT2D eigenvalue weighted by atomic mass is 16.5. The molecule has 7 nitrogen and oxygen atoms in total. The number of rotatable bonds is 6. The first-order valence-corrected chi connectivity index (χ1v) is 10.9. The Kier molecular flexibility index (Phi) is 5.45. The number of aromatic nitrogens is 1. The van der Waals surface area contributed by atoms with Gasteiger partial charge in [0.2, 0.25) is 0 Å². The largest absolute Gasteiger partial charge is 0.497 e. The lowest BCUT2D eigenvalue weighted by Crippen LogP contribution is -2.34. The van der Waals surface area contributed by atoms with Crippen molar-refractivity contribution in [2.24, 2.45) is 0 Å². The third-order valence-corrected chi connectivity index (χ3v) is 6.28. The number of para-hydroxylation sites is 1. The van der Waals surface area contributed by atoms with Gasteiger partial charge < -0.3 is 24.1 Å². The molecular formula is C27H24N2O5. The Bertz CT molecular complexity index is 1410. The number of hydrogen-bond acceptors (Lipinski definition) is 5. The minimum atomic E-state index is -0.496. The van der Waals surface area contributed by atoms with E-state index < -0.39 is 12.0 Å². The van der Waals surface area contributed by atoms with Crippen molar-refractivity contribution in [1.82, 2.24) is 9.88 Å². The summed E-state index contributed by atoms with van der Waals surface area (Å²) in [4.78, 5) is 30.8. The fourth-order valence-electron chi connectivity index (χ4n) is 4.72. The Balaban J connectivity index is 1.82. The monoisotopic (exact) mass is 456 g/mol. The van der Waals surface area contributed by atoms with E-state index in [9.17, 15) is 9.59 Å². The molecule has 4 aromatic rings. The Morgan fingerprint density at radius 2 is 1.71 bits per heavy atom. The maximum atomic E-state index is 13.4. The zero-order valence-electron chi connectivity index (χ0n) is 19.1. The van der Waals surface area contributed by atoms with Gasteiger partial charge >= 0.3 is 5.97 Å². The standard InChI is InChI=1S/C27H24N2O5/c1-32-16-12-13-22(33-2)20(14-16)25-24(19-10-6-7-11-21(19)28-25)26-17-8-4-5-9-18(17)27(31)29(26)15-23(30)34-3/h4-14,26,28H,15H2,1-3H3/t26-/m1/s1. The summed E-state index contributed by atoms with van der Waals surface area (Å²) in [5.74, 6) is 0.645. The Morgan fingerprint density at radius 3 is 2.47 bits per heavy atom. The molecule has 1 aliphatic heterocycles. The van der Waals surface area contributed by atoms with E-state index in [4.69, 9.17) is 14.2 Å². The quantitative estimate of drug-likeness (QED) is 0.430. The molecule has 0 radical (unpaired) electrons. The molecule has 0 spiro atoms. The zero-order chi connectivity index (χ0) is 23.8. The van der Waals surface area contributed by atoms with Crippen molar-refractivity contribution < 1.29 is 23.8 Å². The molecule has 1 atom stereocenters. The van der Waals surface area contributed by atoms with Crippen LogP contribution in [0.2, 0.25) is 0 Å². The number of H-pyrrole nitrogens is 1. The molecule has 5 rings (SSSR count). The number of methoxy groups -OCH3 is 3. The van der Waals surface area contributed by atoms with E-state index in [1.165, 1.54) is 7.11 Å². The molecule has 0 bridgehead atoms. The Hall–Kier alpha value is -4.26. The summed E-state index contributed by atoms with van der Waals surface area (Å²) in [5, 5.41) is 0.951. The second-order valence-electron chi connectivity index (χ2n) is 8.02. The van der Waals surface area contributed by atoms with Crippen LogP contribution < -0.4 is 9.47 Å². The number of esters is 1. The van der Waals surface area contributed by atoms with Crippen molar-refractivity contribution in [2.45, 2.75) is 6.04 Å². The maximum Gasteiger partial charge on any atom is 0.325 e. The van der Waals surface area contributed by atoms with Crippen molar-refractivity contribution in [3.05, 3.63) is 83.4 Å². The molecule has 1 N–H and O–H groups in total. The first kappa shape index (κ1) is 21.6. The normalized spacial score (nSPS) is 14.9. The maximum absolute atomic E-state index is 13.4. The van der Waals surface area contributed by atoms with Crippen LogP contribution in [0.25, 0.3) is 22.2 Å². The van der Waals surface area contributed by atoms with Crippen LogP contribution >= 0.6 is 0 Å². The number of nitrogens with zero attached hydrogens (tertiary/aromatic N) is 1. The molecule has 0 saturated carbocycles. The van der Waals surface area contributed by atoms with Gasteiger partial charge in [-0.25, -0.2) is 0 Å². The second kappa shape index (κ2) is 8.59. The average molecular weight is 456 g/mol. The molecule has 1 amide bonds. The number of carbonyl (C=O) groups is 2. The zero-order valence-corrected chi connectivity index (χ0v) is 19.1. The van der Waals surface area contributed by atoms with Crippen molar-refractivity contribution in [1.29, 1.82) is 0 Å². The predicted molar refractivity (Wildman–Crippen MR) is 128 cm³/mol. The molecule has 2 heterocycles. The summed E-state index contributed by atoms with van der Waals surface area (Å²) in [6.07, 6.45) is 0. The summed E-state index contributed by atoms with van der Waals surface area (Å²) >= 11 is 0. The van der Waals surface area contributed by atoms with Gasteiger partial charge in [0.1, 0.15) is 18.0 Å². The first-order valence-electron chi connectivity index (χ1n) is 10.9. The molecule has 1 aromatic heterocycles. The fraction of sp³-hybridized carbons (Fsp3) is 0.185. The molecular weight excluding hydrogens is 432 g/mol. The summed E-state index contributed by atoms with van der Waals surface area (Å²) in [6.45, 7) is -0.164. The lowest BCUT2D eigenvalue weighted by atomic mass is 9.93. The molecule has 3 aromatic carbocycles. The van der Waals surface area contributed by atoms with Gasteiger partial charge in [0.05, 0.1) is 33.1 Å². The van der Waals surface area contributed by atoms with Crippen molar-refractivity contribution in [3.63, 3.8) is 0 Å². The highest BCUT2D eigenvalue weighted by Crippen LogP contribution is 2.47. The lowest BCUT2D eigenvalue weighted by molar-refractivity contribution is -0.141. The average Bonchev–Trinajstić information content (AvgIpc) is 3.38. The van der Waals surface area contributed by atoms with E-state index in [2.05, 4.69) is 4.98 Å². The van der Waals surface area contributed by atoms with E-state index in [1.807, 2.05) is 60.7 Å². The van der Waals surface area contributed by atoms with Gasteiger partial charge in [-0.05, 0) is 35.9 Å². The van der Waals surface area contributed by atoms with Crippen LogP contribution in [-0.4, -0.2) is 49.6 Å². The van der Waals surface area contributed by atoms with Crippen LogP contribution in [0.4, 0.5) is 0 Å². The highest BCUT2D eigenvalue weighted by molar-refractivity contribution is 6.03. The van der Waals surface area contributed by atoms with Crippen LogP contribution in [0.1, 0.15) is 27.5 Å². The highest BCUT2D eigenvalue weighted by Gasteiger charge is 2.41.